The molecule has 31 heavy (non-hydrogen) atoms. The lowest BCUT2D eigenvalue weighted by molar-refractivity contribution is -0.00260. The van der Waals surface area contributed by atoms with E-state index in [1.54, 1.807) is 41.5 Å². The maximum atomic E-state index is 14.9. The van der Waals surface area contributed by atoms with Crippen LogP contribution in [0, 0.1) is 5.92 Å². The molecule has 0 radical (unpaired) electrons. The maximum absolute atomic E-state index is 14.9. The Labute approximate surface area is 185 Å². The Kier molecular flexibility index (Phi) is 6.94. The quantitative estimate of drug-likeness (QED) is 0.545. The van der Waals surface area contributed by atoms with Crippen molar-refractivity contribution in [3.8, 4) is 0 Å². The summed E-state index contributed by atoms with van der Waals surface area (Å²) in [4.78, 5) is 26.2. The fourth-order valence-electron chi connectivity index (χ4n) is 3.19. The second kappa shape index (κ2) is 8.39. The summed E-state index contributed by atoms with van der Waals surface area (Å²) >= 11 is 0. The van der Waals surface area contributed by atoms with E-state index in [9.17, 15) is 14.0 Å². The lowest BCUT2D eigenvalue weighted by Crippen LogP contribution is -2.47. The van der Waals surface area contributed by atoms with Gasteiger partial charge in [0, 0.05) is 6.54 Å². The smallest absolute Gasteiger partial charge is 0.443 e. The Morgan fingerprint density at radius 3 is 1.71 bits per heavy atom. The molecule has 176 valence electrons. The second-order valence-corrected chi connectivity index (χ2v) is 11.4. The van der Waals surface area contributed by atoms with Gasteiger partial charge < -0.3 is 18.8 Å². The van der Waals surface area contributed by atoms with Crippen molar-refractivity contribution in [2.75, 3.05) is 6.54 Å². The van der Waals surface area contributed by atoms with Gasteiger partial charge in [-0.25, -0.2) is 18.9 Å². The van der Waals surface area contributed by atoms with E-state index in [0.717, 1.165) is 4.90 Å². The largest absolute Gasteiger partial charge is 0.525 e. The van der Waals surface area contributed by atoms with Crippen LogP contribution in [0.2, 0.25) is 0 Å². The summed E-state index contributed by atoms with van der Waals surface area (Å²) in [5.74, 6) is -0.0942. The van der Waals surface area contributed by atoms with Crippen molar-refractivity contribution in [2.24, 2.45) is 5.92 Å². The van der Waals surface area contributed by atoms with Crippen LogP contribution in [0.3, 0.4) is 0 Å². The normalized spacial score (nSPS) is 22.6. The number of halogens is 1. The zero-order valence-corrected chi connectivity index (χ0v) is 20.6. The minimum absolute atomic E-state index is 0.0873. The molecule has 0 bridgehead atoms. The van der Waals surface area contributed by atoms with Crippen LogP contribution >= 0.6 is 0 Å². The minimum atomic E-state index is -1.03. The van der Waals surface area contributed by atoms with Gasteiger partial charge in [0.25, 0.3) is 0 Å². The molecular weight excluding hydrogens is 404 g/mol. The van der Waals surface area contributed by atoms with Gasteiger partial charge in [0.1, 0.15) is 16.9 Å². The number of amides is 2. The molecule has 1 heterocycles. The third kappa shape index (κ3) is 6.45. The summed E-state index contributed by atoms with van der Waals surface area (Å²) in [6.45, 7) is 17.9. The first-order valence-electron chi connectivity index (χ1n) is 10.8. The fraction of sp³-hybridized carbons (Fsp3) is 0.818. The third-order valence-corrected chi connectivity index (χ3v) is 5.54. The number of ether oxygens (including phenoxy) is 2. The van der Waals surface area contributed by atoms with E-state index in [0.29, 0.717) is 18.4 Å². The molecular formula is C22H37BFNO6. The molecule has 0 N–H and O–H groups in total. The first-order chi connectivity index (χ1) is 13.8. The van der Waals surface area contributed by atoms with Crippen LogP contribution in [0.5, 0.6) is 0 Å². The summed E-state index contributed by atoms with van der Waals surface area (Å²) in [5, 5.41) is 0. The molecule has 2 rings (SSSR count). The van der Waals surface area contributed by atoms with Crippen LogP contribution in [0.25, 0.3) is 0 Å². The Bertz CT molecular complexity index is 698. The molecule has 2 aliphatic rings. The van der Waals surface area contributed by atoms with E-state index in [1.807, 2.05) is 27.7 Å². The van der Waals surface area contributed by atoms with E-state index < -0.39 is 47.4 Å². The van der Waals surface area contributed by atoms with Gasteiger partial charge in [-0.05, 0) is 93.6 Å². The number of carbonyl (C=O) groups is 2. The highest BCUT2D eigenvalue weighted by Crippen LogP contribution is 2.43. The van der Waals surface area contributed by atoms with Gasteiger partial charge in [-0.2, -0.15) is 0 Å². The zero-order valence-electron chi connectivity index (χ0n) is 20.6. The summed E-state index contributed by atoms with van der Waals surface area (Å²) in [7, 11) is -1.03. The van der Waals surface area contributed by atoms with E-state index in [-0.39, 0.29) is 12.5 Å². The molecule has 9 heteroatoms. The van der Waals surface area contributed by atoms with E-state index >= 15 is 0 Å². The third-order valence-electron chi connectivity index (χ3n) is 5.54. The molecule has 0 aromatic carbocycles. The Hall–Kier alpha value is -1.61. The van der Waals surface area contributed by atoms with Crippen LogP contribution in [0.1, 0.15) is 82.1 Å². The molecule has 1 saturated heterocycles. The SMILES string of the molecule is CC(C)(C)OC(=O)N(CC1CC(=C(F)B2OC(C)(C)C(C)(C)O2)C1)C(=O)OC(C)(C)C. The summed E-state index contributed by atoms with van der Waals surface area (Å²) in [6.07, 6.45) is -0.744. The average Bonchev–Trinajstić information content (AvgIpc) is 2.69. The molecule has 7 nitrogen and oxygen atoms in total. The Balaban J connectivity index is 2.06. The monoisotopic (exact) mass is 441 g/mol. The highest BCUT2D eigenvalue weighted by molar-refractivity contribution is 6.53. The Morgan fingerprint density at radius 2 is 1.35 bits per heavy atom. The number of carbonyl (C=O) groups excluding carboxylic acids is 2. The average molecular weight is 441 g/mol. The van der Waals surface area contributed by atoms with Crippen molar-refractivity contribution in [3.63, 3.8) is 0 Å². The van der Waals surface area contributed by atoms with Crippen molar-refractivity contribution in [2.45, 2.75) is 104 Å². The molecule has 0 atom stereocenters. The number of hydrogen-bond acceptors (Lipinski definition) is 6. The second-order valence-electron chi connectivity index (χ2n) is 11.4. The lowest BCUT2D eigenvalue weighted by Gasteiger charge is -2.35. The van der Waals surface area contributed by atoms with Crippen LogP contribution < -0.4 is 0 Å². The predicted molar refractivity (Wildman–Crippen MR) is 116 cm³/mol. The number of allylic oxidation sites excluding steroid dienone is 1. The molecule has 1 aliphatic heterocycles. The molecule has 0 unspecified atom stereocenters. The molecule has 1 aliphatic carbocycles. The number of hydrogen-bond donors (Lipinski definition) is 0. The molecule has 0 aromatic heterocycles. The van der Waals surface area contributed by atoms with Crippen molar-refractivity contribution < 1.29 is 32.8 Å². The van der Waals surface area contributed by atoms with Crippen LogP contribution in [-0.4, -0.2) is 53.2 Å². The zero-order chi connectivity index (χ0) is 24.0. The number of nitrogens with zero attached hydrogens (tertiary/aromatic N) is 1. The first kappa shape index (κ1) is 25.7. The fourth-order valence-corrected chi connectivity index (χ4v) is 3.19. The highest BCUT2D eigenvalue weighted by Gasteiger charge is 2.54. The molecule has 2 fully saturated rings. The van der Waals surface area contributed by atoms with Gasteiger partial charge in [0.15, 0.2) is 0 Å². The van der Waals surface area contributed by atoms with Gasteiger partial charge in [-0.1, -0.05) is 0 Å². The van der Waals surface area contributed by atoms with E-state index in [4.69, 9.17) is 18.8 Å². The van der Waals surface area contributed by atoms with E-state index in [1.165, 1.54) is 0 Å². The minimum Gasteiger partial charge on any atom is -0.443 e. The van der Waals surface area contributed by atoms with Gasteiger partial charge in [-0.15, -0.1) is 0 Å². The van der Waals surface area contributed by atoms with Crippen LogP contribution in [0.4, 0.5) is 14.0 Å². The number of imide groups is 1. The molecule has 1 saturated carbocycles. The topological polar surface area (TPSA) is 74.3 Å². The first-order valence-corrected chi connectivity index (χ1v) is 10.8. The predicted octanol–water partition coefficient (Wildman–Crippen LogP) is 5.42. The van der Waals surface area contributed by atoms with Gasteiger partial charge in [0.2, 0.25) is 0 Å². The molecule has 2 amide bonds. The van der Waals surface area contributed by atoms with Crippen LogP contribution in [-0.2, 0) is 18.8 Å². The Morgan fingerprint density at radius 1 is 0.968 bits per heavy atom. The van der Waals surface area contributed by atoms with Gasteiger partial charge in [0.05, 0.1) is 11.2 Å². The molecule has 0 aromatic rings. The van der Waals surface area contributed by atoms with Crippen molar-refractivity contribution in [1.82, 2.24) is 4.90 Å². The molecule has 0 spiro atoms. The summed E-state index contributed by atoms with van der Waals surface area (Å²) in [6, 6.07) is 0. The summed E-state index contributed by atoms with van der Waals surface area (Å²) in [5.41, 5.74) is -2.60. The lowest BCUT2D eigenvalue weighted by atomic mass is 9.72. The summed E-state index contributed by atoms with van der Waals surface area (Å²) < 4.78 is 37.2. The highest BCUT2D eigenvalue weighted by atomic mass is 19.1. The maximum Gasteiger partial charge on any atom is 0.525 e. The van der Waals surface area contributed by atoms with Gasteiger partial charge in [-0.3, -0.25) is 0 Å². The van der Waals surface area contributed by atoms with Gasteiger partial charge >= 0.3 is 19.3 Å². The van der Waals surface area contributed by atoms with Crippen molar-refractivity contribution >= 4 is 19.3 Å². The van der Waals surface area contributed by atoms with Crippen molar-refractivity contribution in [1.29, 1.82) is 0 Å². The number of rotatable bonds is 3. The standard InChI is InChI=1S/C22H37BFNO6/c1-19(2,3)28-17(26)25(18(27)29-20(4,5)6)13-14-11-15(12-14)16(24)23-30-21(7,8)22(9,10)31-23/h14H,11-13H2,1-10H3. The van der Waals surface area contributed by atoms with Crippen molar-refractivity contribution in [3.05, 3.63) is 11.3 Å². The van der Waals surface area contributed by atoms with Crippen LogP contribution in [0.15, 0.2) is 11.3 Å². The van der Waals surface area contributed by atoms with E-state index in [2.05, 4.69) is 0 Å².